The van der Waals surface area contributed by atoms with E-state index in [4.69, 9.17) is 9.15 Å². The number of carbonyl (C=O) groups excluding carboxylic acids is 1. The van der Waals surface area contributed by atoms with Gasteiger partial charge in [0.25, 0.3) is 5.91 Å². The highest BCUT2D eigenvalue weighted by Crippen LogP contribution is 2.36. The third-order valence-electron chi connectivity index (χ3n) is 6.47. The number of methoxy groups -OCH3 is 1. The number of ether oxygens (including phenoxy) is 1. The van der Waals surface area contributed by atoms with Crippen molar-refractivity contribution in [2.24, 2.45) is 5.92 Å². The summed E-state index contributed by atoms with van der Waals surface area (Å²) in [6.45, 7) is 5.01. The third-order valence-corrected chi connectivity index (χ3v) is 7.23. The summed E-state index contributed by atoms with van der Waals surface area (Å²) in [4.78, 5) is 24.7. The van der Waals surface area contributed by atoms with Crippen molar-refractivity contribution >= 4 is 45.5 Å². The average Bonchev–Trinajstić information content (AvgIpc) is 3.27. The average molecular weight is 561 g/mol. The summed E-state index contributed by atoms with van der Waals surface area (Å²) < 4.78 is 35.8. The van der Waals surface area contributed by atoms with Crippen LogP contribution >= 0.6 is 0 Å². The van der Waals surface area contributed by atoms with Gasteiger partial charge < -0.3 is 24.1 Å². The van der Waals surface area contributed by atoms with Gasteiger partial charge >= 0.3 is 5.97 Å². The van der Waals surface area contributed by atoms with Gasteiger partial charge in [-0.1, -0.05) is 38.1 Å². The molecule has 0 aliphatic heterocycles. The minimum atomic E-state index is -2.78. The second-order valence-electron chi connectivity index (χ2n) is 9.34. The molecule has 4 aromatic rings. The van der Waals surface area contributed by atoms with E-state index in [1.165, 1.54) is 7.11 Å². The van der Waals surface area contributed by atoms with Crippen molar-refractivity contribution in [1.29, 1.82) is 5.26 Å². The molecule has 40 heavy (non-hydrogen) atoms. The van der Waals surface area contributed by atoms with Gasteiger partial charge in [0.1, 0.15) is 23.4 Å². The Morgan fingerprint density at radius 1 is 1.07 bits per heavy atom. The molecular weight excluding hydrogens is 534 g/mol. The van der Waals surface area contributed by atoms with Crippen molar-refractivity contribution in [3.05, 3.63) is 77.6 Å². The number of amides is 1. The molecule has 0 bridgehead atoms. The van der Waals surface area contributed by atoms with Crippen molar-refractivity contribution in [3.8, 4) is 22.9 Å². The molecule has 2 unspecified atom stereocenters. The molecule has 0 aliphatic rings. The van der Waals surface area contributed by atoms with Crippen molar-refractivity contribution in [2.45, 2.75) is 26.8 Å². The number of nitrogens with zero attached hydrogens (tertiary/aromatic N) is 2. The van der Waals surface area contributed by atoms with Crippen LogP contribution in [0.2, 0.25) is 0 Å². The van der Waals surface area contributed by atoms with Crippen molar-refractivity contribution in [1.82, 2.24) is 0 Å². The predicted octanol–water partition coefficient (Wildman–Crippen LogP) is 5.25. The Hall–Kier alpha value is -4.66. The molecule has 1 aromatic heterocycles. The molecule has 0 saturated heterocycles. The minimum Gasteiger partial charge on any atom is -0.755 e. The summed E-state index contributed by atoms with van der Waals surface area (Å²) in [6.07, 6.45) is 0. The monoisotopic (exact) mass is 560 g/mol. The maximum Gasteiger partial charge on any atom is 0.327 e. The highest BCUT2D eigenvalue weighted by atomic mass is 32.2. The van der Waals surface area contributed by atoms with Gasteiger partial charge in [0.2, 0.25) is 0 Å². The van der Waals surface area contributed by atoms with Gasteiger partial charge in [0, 0.05) is 28.2 Å². The number of fused-ring (bicyclic) bond motifs is 1. The maximum atomic E-state index is 13.0. The van der Waals surface area contributed by atoms with E-state index in [1.807, 2.05) is 0 Å². The molecule has 206 valence electrons. The highest BCUT2D eigenvalue weighted by molar-refractivity contribution is 7.80. The Labute approximate surface area is 233 Å². The van der Waals surface area contributed by atoms with Crippen molar-refractivity contribution in [3.63, 3.8) is 0 Å². The fourth-order valence-electron chi connectivity index (χ4n) is 4.55. The van der Waals surface area contributed by atoms with Gasteiger partial charge in [-0.15, -0.1) is 0 Å². The summed E-state index contributed by atoms with van der Waals surface area (Å²) >= 11 is -2.78. The highest BCUT2D eigenvalue weighted by Gasteiger charge is 2.30. The largest absolute Gasteiger partial charge is 0.755 e. The van der Waals surface area contributed by atoms with Crippen LogP contribution in [0.5, 0.6) is 5.75 Å². The van der Waals surface area contributed by atoms with Gasteiger partial charge in [-0.05, 0) is 60.4 Å². The van der Waals surface area contributed by atoms with E-state index in [0.717, 1.165) is 15.4 Å². The van der Waals surface area contributed by atoms with E-state index in [9.17, 15) is 28.7 Å². The molecule has 0 aliphatic carbocycles. The van der Waals surface area contributed by atoms with Gasteiger partial charge in [-0.3, -0.25) is 13.3 Å². The number of carboxylic acids is 1. The topological polar surface area (TPSA) is 156 Å². The van der Waals surface area contributed by atoms with E-state index in [-0.39, 0.29) is 11.4 Å². The van der Waals surface area contributed by atoms with Gasteiger partial charge in [-0.2, -0.15) is 5.26 Å². The van der Waals surface area contributed by atoms with Crippen LogP contribution in [0.25, 0.3) is 22.1 Å². The van der Waals surface area contributed by atoms with E-state index >= 15 is 0 Å². The number of nitrogens with one attached hydrogen (secondary N) is 1. The summed E-state index contributed by atoms with van der Waals surface area (Å²) in [5, 5.41) is 22.3. The quantitative estimate of drug-likeness (QED) is 0.263. The molecule has 1 heterocycles. The lowest BCUT2D eigenvalue weighted by molar-refractivity contribution is -0.139. The molecule has 2 atom stereocenters. The molecule has 10 nitrogen and oxygen atoms in total. The van der Waals surface area contributed by atoms with Crippen LogP contribution in [0.15, 0.2) is 65.1 Å². The Kier molecular flexibility index (Phi) is 8.23. The molecule has 0 saturated carbocycles. The zero-order valence-corrected chi connectivity index (χ0v) is 22.9. The number of furan rings is 1. The van der Waals surface area contributed by atoms with Crippen LogP contribution in [-0.4, -0.2) is 38.9 Å². The lowest BCUT2D eigenvalue weighted by atomic mass is 10.0. The summed E-state index contributed by atoms with van der Waals surface area (Å²) in [5.41, 5.74) is 3.64. The van der Waals surface area contributed by atoms with Gasteiger partial charge in [0.05, 0.1) is 18.1 Å². The first-order chi connectivity index (χ1) is 19.1. The zero-order chi connectivity index (χ0) is 29.1. The van der Waals surface area contributed by atoms with Crippen LogP contribution in [0.4, 0.5) is 11.4 Å². The molecule has 2 N–H and O–H groups in total. The molecule has 4 rings (SSSR count). The third kappa shape index (κ3) is 5.40. The summed E-state index contributed by atoms with van der Waals surface area (Å²) in [5.74, 6) is -1.69. The smallest absolute Gasteiger partial charge is 0.327 e. The standard InChI is InChI=1S/C29H27N3O7S/c1-16(2)25(29(34)35)32(40(36)37)22-12-7-19(8-13-22)18-5-10-21(11-6-18)31-28(33)26-17(3)24-23(39-26)14-9-20(15-30)27(24)38-4/h5-14,16,25H,1-4H3,(H,31,33)(H,34,35)(H,36,37)/p-1. The molecule has 0 radical (unpaired) electrons. The lowest BCUT2D eigenvalue weighted by Crippen LogP contribution is -2.45. The van der Waals surface area contributed by atoms with Crippen molar-refractivity contribution < 1.29 is 32.6 Å². The first-order valence-corrected chi connectivity index (χ1v) is 13.2. The number of aryl methyl sites for hydroxylation is 1. The number of carboxylic acid groups (broad SMARTS) is 1. The molecule has 3 aromatic carbocycles. The number of hydrogen-bond acceptors (Lipinski definition) is 7. The summed E-state index contributed by atoms with van der Waals surface area (Å²) in [6, 6.07) is 17.5. The van der Waals surface area contributed by atoms with Crippen LogP contribution in [-0.2, 0) is 16.1 Å². The Balaban J connectivity index is 1.54. The molecule has 0 fully saturated rings. The minimum absolute atomic E-state index is 0.101. The number of aliphatic carboxylic acids is 1. The second kappa shape index (κ2) is 11.6. The zero-order valence-electron chi connectivity index (χ0n) is 22.1. The fraction of sp³-hybridized carbons (Fsp3) is 0.207. The number of carbonyl (C=O) groups is 2. The Morgan fingerprint density at radius 3 is 2.17 bits per heavy atom. The summed E-state index contributed by atoms with van der Waals surface area (Å²) in [7, 11) is 1.45. The van der Waals surface area contributed by atoms with Crippen LogP contribution in [0, 0.1) is 24.2 Å². The van der Waals surface area contributed by atoms with E-state index in [0.29, 0.717) is 33.5 Å². The normalized spacial score (nSPS) is 12.5. The van der Waals surface area contributed by atoms with E-state index in [2.05, 4.69) is 11.4 Å². The number of nitriles is 1. The van der Waals surface area contributed by atoms with E-state index < -0.39 is 35.1 Å². The van der Waals surface area contributed by atoms with E-state index in [1.54, 1.807) is 81.4 Å². The number of anilines is 2. The molecule has 0 spiro atoms. The molecule has 11 heteroatoms. The van der Waals surface area contributed by atoms with Crippen LogP contribution in [0.3, 0.4) is 0 Å². The molecule has 1 amide bonds. The Morgan fingerprint density at radius 2 is 1.68 bits per heavy atom. The fourth-order valence-corrected chi connectivity index (χ4v) is 5.36. The number of hydrogen-bond donors (Lipinski definition) is 2. The first kappa shape index (κ1) is 28.4. The number of rotatable bonds is 9. The van der Waals surface area contributed by atoms with Crippen LogP contribution < -0.4 is 14.4 Å². The molecular formula is C29H26N3O7S-. The predicted molar refractivity (Wildman–Crippen MR) is 150 cm³/mol. The maximum absolute atomic E-state index is 13.0. The lowest BCUT2D eigenvalue weighted by Gasteiger charge is -2.34. The second-order valence-corrected chi connectivity index (χ2v) is 10.2. The number of benzene rings is 3. The van der Waals surface area contributed by atoms with Gasteiger partial charge in [0.15, 0.2) is 5.76 Å². The first-order valence-electron chi connectivity index (χ1n) is 12.2. The van der Waals surface area contributed by atoms with Crippen molar-refractivity contribution in [2.75, 3.05) is 16.7 Å². The Bertz CT molecular complexity index is 1640. The van der Waals surface area contributed by atoms with Gasteiger partial charge in [-0.25, -0.2) is 4.79 Å². The van der Waals surface area contributed by atoms with Crippen LogP contribution in [0.1, 0.15) is 35.5 Å². The SMILES string of the molecule is COc1c(C#N)ccc2oc(C(=O)Nc3ccc(-c4ccc(N(C(C(=O)O)C(C)C)S(=O)[O-])cc4)cc3)c(C)c12.